The molecule has 0 saturated carbocycles. The summed E-state index contributed by atoms with van der Waals surface area (Å²) >= 11 is 0. The summed E-state index contributed by atoms with van der Waals surface area (Å²) in [4.78, 5) is 0. The molecule has 0 aliphatic rings. The number of benzene rings is 1. The summed E-state index contributed by atoms with van der Waals surface area (Å²) in [5, 5.41) is 11.9. The zero-order valence-electron chi connectivity index (χ0n) is 8.28. The SMILES string of the molecule is CC(O)C(F)CNCc1ccccc1. The van der Waals surface area contributed by atoms with Gasteiger partial charge >= 0.3 is 0 Å². The van der Waals surface area contributed by atoms with Crippen molar-refractivity contribution >= 4 is 0 Å². The van der Waals surface area contributed by atoms with Gasteiger partial charge in [-0.1, -0.05) is 30.3 Å². The maximum Gasteiger partial charge on any atom is 0.138 e. The van der Waals surface area contributed by atoms with Crippen LogP contribution in [0.25, 0.3) is 0 Å². The van der Waals surface area contributed by atoms with Crippen LogP contribution in [-0.2, 0) is 6.54 Å². The molecule has 0 heterocycles. The molecule has 0 saturated heterocycles. The molecule has 2 nitrogen and oxygen atoms in total. The van der Waals surface area contributed by atoms with Gasteiger partial charge in [0.15, 0.2) is 0 Å². The topological polar surface area (TPSA) is 32.3 Å². The Morgan fingerprint density at radius 1 is 1.36 bits per heavy atom. The highest BCUT2D eigenvalue weighted by Gasteiger charge is 2.11. The molecule has 2 atom stereocenters. The number of hydrogen-bond donors (Lipinski definition) is 2. The average molecular weight is 197 g/mol. The fourth-order valence-corrected chi connectivity index (χ4v) is 1.12. The van der Waals surface area contributed by atoms with Gasteiger partial charge in [-0.15, -0.1) is 0 Å². The highest BCUT2D eigenvalue weighted by atomic mass is 19.1. The number of nitrogens with one attached hydrogen (secondary N) is 1. The van der Waals surface area contributed by atoms with Crippen LogP contribution in [-0.4, -0.2) is 23.9 Å². The minimum absolute atomic E-state index is 0.187. The Bertz CT molecular complexity index is 251. The summed E-state index contributed by atoms with van der Waals surface area (Å²) < 4.78 is 12.9. The summed E-state index contributed by atoms with van der Waals surface area (Å²) in [6.07, 6.45) is -2.10. The smallest absolute Gasteiger partial charge is 0.138 e. The third-order valence-corrected chi connectivity index (χ3v) is 2.03. The Morgan fingerprint density at radius 2 is 2.00 bits per heavy atom. The van der Waals surface area contributed by atoms with Gasteiger partial charge in [-0.2, -0.15) is 0 Å². The number of aliphatic hydroxyl groups excluding tert-OH is 1. The second-order valence-electron chi connectivity index (χ2n) is 3.37. The molecule has 0 bridgehead atoms. The van der Waals surface area contributed by atoms with E-state index < -0.39 is 12.3 Å². The first-order valence-corrected chi connectivity index (χ1v) is 4.77. The van der Waals surface area contributed by atoms with Gasteiger partial charge in [-0.05, 0) is 12.5 Å². The molecule has 3 heteroatoms. The quantitative estimate of drug-likeness (QED) is 0.749. The van der Waals surface area contributed by atoms with Crippen LogP contribution in [0.1, 0.15) is 12.5 Å². The van der Waals surface area contributed by atoms with Gasteiger partial charge in [0.2, 0.25) is 0 Å². The third-order valence-electron chi connectivity index (χ3n) is 2.03. The lowest BCUT2D eigenvalue weighted by Crippen LogP contribution is -2.31. The fraction of sp³-hybridized carbons (Fsp3) is 0.455. The van der Waals surface area contributed by atoms with Crippen LogP contribution >= 0.6 is 0 Å². The minimum atomic E-state index is -1.20. The number of alkyl halides is 1. The van der Waals surface area contributed by atoms with E-state index in [-0.39, 0.29) is 6.54 Å². The lowest BCUT2D eigenvalue weighted by molar-refractivity contribution is 0.0923. The van der Waals surface area contributed by atoms with E-state index in [9.17, 15) is 4.39 Å². The van der Waals surface area contributed by atoms with Crippen LogP contribution in [0, 0.1) is 0 Å². The van der Waals surface area contributed by atoms with Crippen molar-refractivity contribution in [2.24, 2.45) is 0 Å². The van der Waals surface area contributed by atoms with E-state index in [1.54, 1.807) is 0 Å². The van der Waals surface area contributed by atoms with Gasteiger partial charge in [0, 0.05) is 13.1 Å². The van der Waals surface area contributed by atoms with E-state index >= 15 is 0 Å². The summed E-state index contributed by atoms with van der Waals surface area (Å²) in [5.74, 6) is 0. The molecule has 0 aromatic heterocycles. The molecule has 0 radical (unpaired) electrons. The van der Waals surface area contributed by atoms with Crippen LogP contribution in [0.15, 0.2) is 30.3 Å². The first kappa shape index (κ1) is 11.1. The molecule has 1 aromatic carbocycles. The van der Waals surface area contributed by atoms with E-state index in [0.29, 0.717) is 6.54 Å². The van der Waals surface area contributed by atoms with Gasteiger partial charge in [-0.25, -0.2) is 4.39 Å². The van der Waals surface area contributed by atoms with E-state index in [2.05, 4.69) is 5.32 Å². The Morgan fingerprint density at radius 3 is 2.57 bits per heavy atom. The molecule has 78 valence electrons. The van der Waals surface area contributed by atoms with Crippen LogP contribution in [0.3, 0.4) is 0 Å². The molecule has 0 aliphatic carbocycles. The largest absolute Gasteiger partial charge is 0.390 e. The van der Waals surface area contributed by atoms with E-state index in [4.69, 9.17) is 5.11 Å². The monoisotopic (exact) mass is 197 g/mol. The van der Waals surface area contributed by atoms with Crippen molar-refractivity contribution in [2.75, 3.05) is 6.54 Å². The summed E-state index contributed by atoms with van der Waals surface area (Å²) in [6.45, 7) is 2.27. The van der Waals surface area contributed by atoms with Gasteiger partial charge in [0.1, 0.15) is 6.17 Å². The van der Waals surface area contributed by atoms with E-state index in [0.717, 1.165) is 5.56 Å². The first-order valence-electron chi connectivity index (χ1n) is 4.77. The molecule has 0 spiro atoms. The number of aliphatic hydroxyl groups is 1. The molecule has 0 fully saturated rings. The summed E-state index contributed by atoms with van der Waals surface area (Å²) in [7, 11) is 0. The molecule has 2 N–H and O–H groups in total. The van der Waals surface area contributed by atoms with Crippen molar-refractivity contribution in [3.63, 3.8) is 0 Å². The molecule has 2 unspecified atom stereocenters. The lowest BCUT2D eigenvalue weighted by Gasteiger charge is -2.11. The molecular weight excluding hydrogens is 181 g/mol. The van der Waals surface area contributed by atoms with Crippen LogP contribution in [0.5, 0.6) is 0 Å². The zero-order valence-corrected chi connectivity index (χ0v) is 8.28. The molecular formula is C11H16FNO. The highest BCUT2D eigenvalue weighted by Crippen LogP contribution is 1.99. The summed E-state index contributed by atoms with van der Waals surface area (Å²) in [6, 6.07) is 9.78. The van der Waals surface area contributed by atoms with Crippen molar-refractivity contribution in [1.82, 2.24) is 5.32 Å². The average Bonchev–Trinajstić information content (AvgIpc) is 2.19. The second-order valence-corrected chi connectivity index (χ2v) is 3.37. The van der Waals surface area contributed by atoms with Crippen molar-refractivity contribution in [3.05, 3.63) is 35.9 Å². The third kappa shape index (κ3) is 3.85. The number of hydrogen-bond acceptors (Lipinski definition) is 2. The molecule has 0 amide bonds. The Balaban J connectivity index is 2.22. The van der Waals surface area contributed by atoms with Crippen molar-refractivity contribution in [2.45, 2.75) is 25.7 Å². The second kappa shape index (κ2) is 5.73. The Hall–Kier alpha value is -0.930. The van der Waals surface area contributed by atoms with Gasteiger partial charge in [0.25, 0.3) is 0 Å². The maximum absolute atomic E-state index is 12.9. The van der Waals surface area contributed by atoms with E-state index in [1.165, 1.54) is 6.92 Å². The molecule has 0 aliphatic heterocycles. The maximum atomic E-state index is 12.9. The summed E-state index contributed by atoms with van der Waals surface area (Å²) in [5.41, 5.74) is 1.12. The standard InChI is InChI=1S/C11H16FNO/c1-9(14)11(12)8-13-7-10-5-3-2-4-6-10/h2-6,9,11,13-14H,7-8H2,1H3. The van der Waals surface area contributed by atoms with Gasteiger partial charge < -0.3 is 10.4 Å². The molecule has 1 rings (SSSR count). The van der Waals surface area contributed by atoms with E-state index in [1.807, 2.05) is 30.3 Å². The van der Waals surface area contributed by atoms with Crippen molar-refractivity contribution in [1.29, 1.82) is 0 Å². The predicted octanol–water partition coefficient (Wildman–Crippen LogP) is 1.50. The minimum Gasteiger partial charge on any atom is -0.390 e. The zero-order chi connectivity index (χ0) is 10.4. The van der Waals surface area contributed by atoms with Crippen molar-refractivity contribution in [3.8, 4) is 0 Å². The molecule has 14 heavy (non-hydrogen) atoms. The van der Waals surface area contributed by atoms with Crippen molar-refractivity contribution < 1.29 is 9.50 Å². The van der Waals surface area contributed by atoms with Crippen LogP contribution < -0.4 is 5.32 Å². The molecule has 1 aromatic rings. The number of halogens is 1. The van der Waals surface area contributed by atoms with Gasteiger partial charge in [0.05, 0.1) is 6.10 Å². The predicted molar refractivity (Wildman–Crippen MR) is 54.7 cm³/mol. The first-order chi connectivity index (χ1) is 6.70. The lowest BCUT2D eigenvalue weighted by atomic mass is 10.2. The van der Waals surface area contributed by atoms with Gasteiger partial charge in [-0.3, -0.25) is 0 Å². The fourth-order valence-electron chi connectivity index (χ4n) is 1.12. The van der Waals surface area contributed by atoms with Crippen LogP contribution in [0.2, 0.25) is 0 Å². The normalized spacial score (nSPS) is 15.1. The highest BCUT2D eigenvalue weighted by molar-refractivity contribution is 5.14. The van der Waals surface area contributed by atoms with Crippen LogP contribution in [0.4, 0.5) is 4.39 Å². The number of rotatable bonds is 5. The Labute approximate surface area is 83.8 Å². The Kier molecular flexibility index (Phi) is 4.56.